The van der Waals surface area contributed by atoms with Crippen LogP contribution in [0, 0.1) is 5.82 Å². The van der Waals surface area contributed by atoms with Crippen molar-refractivity contribution in [2.45, 2.75) is 24.2 Å². The fourth-order valence-corrected chi connectivity index (χ4v) is 2.86. The van der Waals surface area contributed by atoms with Gasteiger partial charge in [0.05, 0.1) is 0 Å². The second kappa shape index (κ2) is 9.26. The Morgan fingerprint density at radius 1 is 1.05 bits per heavy atom. The van der Waals surface area contributed by atoms with E-state index in [-0.39, 0.29) is 11.7 Å². The minimum absolute atomic E-state index is 0.0932. The van der Waals surface area contributed by atoms with E-state index in [0.717, 1.165) is 23.5 Å². The van der Waals surface area contributed by atoms with E-state index in [1.165, 1.54) is 17.7 Å². The van der Waals surface area contributed by atoms with Gasteiger partial charge in [-0.1, -0.05) is 30.3 Å². The summed E-state index contributed by atoms with van der Waals surface area (Å²) in [5, 5.41) is 2.94. The highest BCUT2D eigenvalue weighted by atomic mass is 32.2. The molecular formula is C18H20FNOS. The third kappa shape index (κ3) is 6.31. The fraction of sp³-hybridized carbons (Fsp3) is 0.278. The molecule has 0 radical (unpaired) electrons. The smallest absolute Gasteiger partial charge is 0.220 e. The van der Waals surface area contributed by atoms with Gasteiger partial charge >= 0.3 is 0 Å². The number of carbonyl (C=O) groups excluding carboxylic acids is 1. The van der Waals surface area contributed by atoms with Gasteiger partial charge in [-0.15, -0.1) is 11.8 Å². The zero-order chi connectivity index (χ0) is 15.6. The Balaban J connectivity index is 1.54. The number of halogens is 1. The second-order valence-corrected chi connectivity index (χ2v) is 6.16. The minimum Gasteiger partial charge on any atom is -0.356 e. The van der Waals surface area contributed by atoms with Crippen LogP contribution in [0.15, 0.2) is 59.5 Å². The number of thioether (sulfide) groups is 1. The number of hydrogen-bond acceptors (Lipinski definition) is 2. The first-order valence-electron chi connectivity index (χ1n) is 7.43. The highest BCUT2D eigenvalue weighted by Crippen LogP contribution is 2.18. The number of carbonyl (C=O) groups is 1. The Hall–Kier alpha value is -1.81. The van der Waals surface area contributed by atoms with Crippen LogP contribution in [0.4, 0.5) is 4.39 Å². The average Bonchev–Trinajstić information content (AvgIpc) is 2.55. The van der Waals surface area contributed by atoms with Crippen LogP contribution in [0.5, 0.6) is 0 Å². The topological polar surface area (TPSA) is 29.1 Å². The number of amides is 1. The summed E-state index contributed by atoms with van der Waals surface area (Å²) in [5.41, 5.74) is 1.18. The van der Waals surface area contributed by atoms with Crippen LogP contribution in [0.25, 0.3) is 0 Å². The summed E-state index contributed by atoms with van der Waals surface area (Å²) >= 11 is 1.67. The van der Waals surface area contributed by atoms with Gasteiger partial charge in [-0.25, -0.2) is 4.39 Å². The molecule has 1 amide bonds. The van der Waals surface area contributed by atoms with E-state index in [2.05, 4.69) is 5.32 Å². The number of benzene rings is 2. The highest BCUT2D eigenvalue weighted by molar-refractivity contribution is 7.99. The van der Waals surface area contributed by atoms with Crippen LogP contribution in [-0.4, -0.2) is 18.2 Å². The second-order valence-electron chi connectivity index (χ2n) is 4.99. The molecule has 2 aromatic rings. The van der Waals surface area contributed by atoms with Crippen molar-refractivity contribution < 1.29 is 9.18 Å². The Bertz CT molecular complexity index is 571. The molecule has 0 aromatic heterocycles. The van der Waals surface area contributed by atoms with E-state index >= 15 is 0 Å². The molecule has 2 aromatic carbocycles. The maximum atomic E-state index is 12.8. The molecule has 0 unspecified atom stereocenters. The number of aryl methyl sites for hydroxylation is 1. The molecule has 0 spiro atoms. The average molecular weight is 317 g/mol. The van der Waals surface area contributed by atoms with Gasteiger partial charge in [0.2, 0.25) is 5.91 Å². The predicted molar refractivity (Wildman–Crippen MR) is 89.5 cm³/mol. The van der Waals surface area contributed by atoms with E-state index in [0.29, 0.717) is 13.0 Å². The molecule has 4 heteroatoms. The van der Waals surface area contributed by atoms with Gasteiger partial charge in [0.15, 0.2) is 0 Å². The lowest BCUT2D eigenvalue weighted by atomic mass is 10.1. The van der Waals surface area contributed by atoms with Gasteiger partial charge in [-0.05, 0) is 48.4 Å². The van der Waals surface area contributed by atoms with Crippen molar-refractivity contribution in [3.05, 3.63) is 66.0 Å². The summed E-state index contributed by atoms with van der Waals surface area (Å²) in [5.74, 6) is 0.788. The Morgan fingerprint density at radius 2 is 1.77 bits per heavy atom. The summed E-state index contributed by atoms with van der Waals surface area (Å²) in [6.07, 6.45) is 2.20. The van der Waals surface area contributed by atoms with Gasteiger partial charge in [0.25, 0.3) is 0 Å². The molecule has 0 aliphatic carbocycles. The maximum absolute atomic E-state index is 12.8. The van der Waals surface area contributed by atoms with Crippen molar-refractivity contribution in [1.82, 2.24) is 5.32 Å². The summed E-state index contributed by atoms with van der Waals surface area (Å²) < 4.78 is 12.8. The van der Waals surface area contributed by atoms with E-state index in [1.54, 1.807) is 23.9 Å². The van der Waals surface area contributed by atoms with Crippen molar-refractivity contribution in [2.24, 2.45) is 0 Å². The Morgan fingerprint density at radius 3 is 2.50 bits per heavy atom. The Labute approximate surface area is 135 Å². The van der Waals surface area contributed by atoms with Crippen LogP contribution >= 0.6 is 11.8 Å². The van der Waals surface area contributed by atoms with Crippen molar-refractivity contribution in [3.8, 4) is 0 Å². The van der Waals surface area contributed by atoms with Crippen LogP contribution in [0.3, 0.4) is 0 Å². The molecule has 0 aliphatic heterocycles. The highest BCUT2D eigenvalue weighted by Gasteiger charge is 2.01. The molecule has 116 valence electrons. The van der Waals surface area contributed by atoms with Crippen molar-refractivity contribution >= 4 is 17.7 Å². The molecule has 0 heterocycles. The monoisotopic (exact) mass is 317 g/mol. The molecule has 1 N–H and O–H groups in total. The van der Waals surface area contributed by atoms with Crippen LogP contribution < -0.4 is 5.32 Å². The molecule has 0 saturated heterocycles. The van der Waals surface area contributed by atoms with Crippen molar-refractivity contribution in [2.75, 3.05) is 12.3 Å². The lowest BCUT2D eigenvalue weighted by Gasteiger charge is -2.05. The van der Waals surface area contributed by atoms with Crippen molar-refractivity contribution in [3.63, 3.8) is 0 Å². The molecule has 0 aliphatic rings. The summed E-state index contributed by atoms with van der Waals surface area (Å²) in [6.45, 7) is 0.682. The molecule has 0 fully saturated rings. The van der Waals surface area contributed by atoms with E-state index < -0.39 is 0 Å². The quantitative estimate of drug-likeness (QED) is 0.588. The number of rotatable bonds is 8. The molecule has 0 saturated carbocycles. The van der Waals surface area contributed by atoms with Gasteiger partial charge < -0.3 is 5.32 Å². The summed E-state index contributed by atoms with van der Waals surface area (Å²) in [6, 6.07) is 16.5. The van der Waals surface area contributed by atoms with E-state index in [1.807, 2.05) is 30.3 Å². The van der Waals surface area contributed by atoms with Crippen LogP contribution in [0.1, 0.15) is 18.4 Å². The van der Waals surface area contributed by atoms with Crippen LogP contribution in [0.2, 0.25) is 0 Å². The lowest BCUT2D eigenvalue weighted by molar-refractivity contribution is -0.121. The molecular weight excluding hydrogens is 297 g/mol. The molecule has 2 nitrogen and oxygen atoms in total. The molecule has 2 rings (SSSR count). The summed E-state index contributed by atoms with van der Waals surface area (Å²) in [7, 11) is 0. The molecule has 22 heavy (non-hydrogen) atoms. The van der Waals surface area contributed by atoms with Crippen LogP contribution in [-0.2, 0) is 11.2 Å². The third-order valence-electron chi connectivity index (χ3n) is 3.21. The van der Waals surface area contributed by atoms with Gasteiger partial charge in [0, 0.05) is 17.9 Å². The SMILES string of the molecule is O=C(CCc1ccccc1)NCCCSc1ccc(F)cc1. The van der Waals surface area contributed by atoms with Gasteiger partial charge in [-0.2, -0.15) is 0 Å². The standard InChI is InChI=1S/C18H20FNOS/c19-16-8-10-17(11-9-16)22-14-4-13-20-18(21)12-7-15-5-2-1-3-6-15/h1-3,5-6,8-11H,4,7,12-14H2,(H,20,21). The number of hydrogen-bond donors (Lipinski definition) is 1. The van der Waals surface area contributed by atoms with E-state index in [4.69, 9.17) is 0 Å². The largest absolute Gasteiger partial charge is 0.356 e. The first-order valence-corrected chi connectivity index (χ1v) is 8.41. The fourth-order valence-electron chi connectivity index (χ4n) is 2.01. The third-order valence-corrected chi connectivity index (χ3v) is 4.31. The Kier molecular flexibility index (Phi) is 6.97. The van der Waals surface area contributed by atoms with Gasteiger partial charge in [0.1, 0.15) is 5.82 Å². The zero-order valence-electron chi connectivity index (χ0n) is 12.4. The number of nitrogens with one attached hydrogen (secondary N) is 1. The lowest BCUT2D eigenvalue weighted by Crippen LogP contribution is -2.24. The first-order chi connectivity index (χ1) is 10.7. The minimum atomic E-state index is -0.213. The summed E-state index contributed by atoms with van der Waals surface area (Å²) in [4.78, 5) is 12.8. The first kappa shape index (κ1) is 16.6. The van der Waals surface area contributed by atoms with E-state index in [9.17, 15) is 9.18 Å². The molecule has 0 atom stereocenters. The van der Waals surface area contributed by atoms with Crippen molar-refractivity contribution in [1.29, 1.82) is 0 Å². The normalized spacial score (nSPS) is 10.4. The maximum Gasteiger partial charge on any atom is 0.220 e. The predicted octanol–water partition coefficient (Wildman–Crippen LogP) is 4.06. The molecule has 0 bridgehead atoms. The van der Waals surface area contributed by atoms with Gasteiger partial charge in [-0.3, -0.25) is 4.79 Å². The zero-order valence-corrected chi connectivity index (χ0v) is 13.2.